The topological polar surface area (TPSA) is 84.9 Å². The van der Waals surface area contributed by atoms with Crippen LogP contribution < -0.4 is 19.1 Å². The fourth-order valence-corrected chi connectivity index (χ4v) is 3.95. The lowest BCUT2D eigenvalue weighted by Gasteiger charge is -2.24. The van der Waals surface area contributed by atoms with E-state index in [1.54, 1.807) is 25.1 Å². The lowest BCUT2D eigenvalue weighted by Crippen LogP contribution is -2.31. The number of rotatable bonds is 7. The fraction of sp³-hybridized carbons (Fsp3) is 0.278. The summed E-state index contributed by atoms with van der Waals surface area (Å²) in [5.74, 6) is 0.176. The van der Waals surface area contributed by atoms with Gasteiger partial charge in [-0.25, -0.2) is 8.42 Å². The molecule has 2 aromatic carbocycles. The molecular formula is C18H21BrN2O5S. The minimum atomic E-state index is -3.60. The summed E-state index contributed by atoms with van der Waals surface area (Å²) in [5.41, 5.74) is 0.920. The van der Waals surface area contributed by atoms with E-state index >= 15 is 0 Å². The molecule has 0 aliphatic heterocycles. The minimum Gasteiger partial charge on any atom is -0.493 e. The molecule has 27 heavy (non-hydrogen) atoms. The maximum atomic E-state index is 13.0. The van der Waals surface area contributed by atoms with Gasteiger partial charge in [-0.15, -0.1) is 0 Å². The molecule has 0 saturated heterocycles. The Morgan fingerprint density at radius 1 is 1.15 bits per heavy atom. The molecule has 0 bridgehead atoms. The zero-order chi connectivity index (χ0) is 20.2. The van der Waals surface area contributed by atoms with E-state index in [4.69, 9.17) is 9.47 Å². The highest BCUT2D eigenvalue weighted by Crippen LogP contribution is 2.36. The van der Waals surface area contributed by atoms with Crippen LogP contribution in [0.2, 0.25) is 0 Å². The number of ether oxygens (including phenoxy) is 2. The number of nitrogens with zero attached hydrogens (tertiary/aromatic N) is 1. The highest BCUT2D eigenvalue weighted by atomic mass is 79.9. The molecule has 0 unspecified atom stereocenters. The summed E-state index contributed by atoms with van der Waals surface area (Å²) in [6.45, 7) is 1.84. The average molecular weight is 457 g/mol. The van der Waals surface area contributed by atoms with E-state index < -0.39 is 15.9 Å². The van der Waals surface area contributed by atoms with Gasteiger partial charge in [-0.1, -0.05) is 12.1 Å². The first-order chi connectivity index (χ1) is 12.7. The van der Waals surface area contributed by atoms with E-state index in [0.29, 0.717) is 21.7 Å². The smallest absolute Gasteiger partial charge is 0.257 e. The van der Waals surface area contributed by atoms with Crippen LogP contribution >= 0.6 is 15.9 Å². The second-order valence-electron chi connectivity index (χ2n) is 5.59. The van der Waals surface area contributed by atoms with Crippen molar-refractivity contribution >= 4 is 43.2 Å². The molecule has 146 valence electrons. The van der Waals surface area contributed by atoms with Gasteiger partial charge in [0.05, 0.1) is 37.4 Å². The van der Waals surface area contributed by atoms with Gasteiger partial charge in [0.15, 0.2) is 11.5 Å². The zero-order valence-corrected chi connectivity index (χ0v) is 17.8. The summed E-state index contributed by atoms with van der Waals surface area (Å²) in [7, 11) is -0.713. The molecule has 1 N–H and O–H groups in total. The van der Waals surface area contributed by atoms with Crippen molar-refractivity contribution in [3.8, 4) is 11.5 Å². The molecule has 0 aromatic heterocycles. The van der Waals surface area contributed by atoms with Crippen LogP contribution in [0, 0.1) is 0 Å². The Morgan fingerprint density at radius 3 is 2.26 bits per heavy atom. The molecule has 2 aromatic rings. The van der Waals surface area contributed by atoms with E-state index in [1.165, 1.54) is 26.4 Å². The SMILES string of the molecule is CCN(c1cc(OC)c(OC)cc1C(=O)Nc1ccccc1Br)S(C)(=O)=O. The van der Waals surface area contributed by atoms with Crippen molar-refractivity contribution in [3.05, 3.63) is 46.4 Å². The first-order valence-corrected chi connectivity index (χ1v) is 10.7. The number of nitrogens with one attached hydrogen (secondary N) is 1. The number of hydrogen-bond acceptors (Lipinski definition) is 5. The van der Waals surface area contributed by atoms with Crippen molar-refractivity contribution < 1.29 is 22.7 Å². The predicted molar refractivity (Wildman–Crippen MR) is 110 cm³/mol. The Labute approximate surface area is 167 Å². The van der Waals surface area contributed by atoms with Crippen molar-refractivity contribution in [2.24, 2.45) is 0 Å². The molecule has 0 saturated carbocycles. The zero-order valence-electron chi connectivity index (χ0n) is 15.4. The lowest BCUT2D eigenvalue weighted by molar-refractivity contribution is 0.102. The number of hydrogen-bond donors (Lipinski definition) is 1. The van der Waals surface area contributed by atoms with Crippen LogP contribution in [0.15, 0.2) is 40.9 Å². The Kier molecular flexibility index (Phi) is 6.72. The summed E-state index contributed by atoms with van der Waals surface area (Å²) >= 11 is 3.38. The molecule has 2 rings (SSSR count). The summed E-state index contributed by atoms with van der Waals surface area (Å²) in [5, 5.41) is 2.78. The maximum absolute atomic E-state index is 13.0. The third-order valence-electron chi connectivity index (χ3n) is 3.82. The largest absolute Gasteiger partial charge is 0.493 e. The van der Waals surface area contributed by atoms with Gasteiger partial charge in [0.25, 0.3) is 5.91 Å². The van der Waals surface area contributed by atoms with E-state index in [2.05, 4.69) is 21.2 Å². The number of sulfonamides is 1. The second kappa shape index (κ2) is 8.62. The van der Waals surface area contributed by atoms with Gasteiger partial charge in [0.1, 0.15) is 0 Å². The fourth-order valence-electron chi connectivity index (χ4n) is 2.59. The number of methoxy groups -OCH3 is 2. The standard InChI is InChI=1S/C18H21BrN2O5S/c1-5-21(27(4,23)24)15-11-17(26-3)16(25-2)10-12(15)18(22)20-14-9-7-6-8-13(14)19/h6-11H,5H2,1-4H3,(H,20,22). The van der Waals surface area contributed by atoms with Crippen LogP contribution in [-0.4, -0.2) is 41.3 Å². The number of para-hydroxylation sites is 1. The monoisotopic (exact) mass is 456 g/mol. The Hall–Kier alpha value is -2.26. The lowest BCUT2D eigenvalue weighted by atomic mass is 10.1. The molecule has 1 amide bonds. The maximum Gasteiger partial charge on any atom is 0.257 e. The number of amides is 1. The highest BCUT2D eigenvalue weighted by molar-refractivity contribution is 9.10. The number of benzene rings is 2. The predicted octanol–water partition coefficient (Wildman–Crippen LogP) is 3.50. The average Bonchev–Trinajstić information content (AvgIpc) is 2.62. The third kappa shape index (κ3) is 4.72. The Morgan fingerprint density at radius 2 is 1.74 bits per heavy atom. The van der Waals surface area contributed by atoms with Gasteiger partial charge in [-0.2, -0.15) is 0 Å². The van der Waals surface area contributed by atoms with Crippen LogP contribution in [0.4, 0.5) is 11.4 Å². The van der Waals surface area contributed by atoms with Gasteiger partial charge >= 0.3 is 0 Å². The number of halogens is 1. The molecule has 0 spiro atoms. The number of anilines is 2. The molecule has 9 heteroatoms. The second-order valence-corrected chi connectivity index (χ2v) is 8.35. The molecule has 0 aliphatic carbocycles. The van der Waals surface area contributed by atoms with Gasteiger partial charge in [0.2, 0.25) is 10.0 Å². The van der Waals surface area contributed by atoms with Crippen molar-refractivity contribution in [1.82, 2.24) is 0 Å². The van der Waals surface area contributed by atoms with Gasteiger partial charge in [-0.05, 0) is 41.1 Å². The first kappa shape index (κ1) is 21.0. The van der Waals surface area contributed by atoms with Gasteiger partial charge in [-0.3, -0.25) is 9.10 Å². The summed E-state index contributed by atoms with van der Waals surface area (Å²) in [6.07, 6.45) is 1.09. The number of carbonyl (C=O) groups is 1. The van der Waals surface area contributed by atoms with Crippen molar-refractivity contribution in [3.63, 3.8) is 0 Å². The van der Waals surface area contributed by atoms with E-state index in [1.807, 2.05) is 6.07 Å². The quantitative estimate of drug-likeness (QED) is 0.688. The number of carbonyl (C=O) groups excluding carboxylic acids is 1. The molecule has 0 radical (unpaired) electrons. The van der Waals surface area contributed by atoms with Crippen LogP contribution in [0.5, 0.6) is 11.5 Å². The van der Waals surface area contributed by atoms with Crippen LogP contribution in [0.25, 0.3) is 0 Å². The van der Waals surface area contributed by atoms with Crippen molar-refractivity contribution in [2.75, 3.05) is 36.6 Å². The first-order valence-electron chi connectivity index (χ1n) is 8.02. The summed E-state index contributed by atoms with van der Waals surface area (Å²) < 4.78 is 36.8. The van der Waals surface area contributed by atoms with Crippen LogP contribution in [0.1, 0.15) is 17.3 Å². The summed E-state index contributed by atoms with van der Waals surface area (Å²) in [6, 6.07) is 10.1. The van der Waals surface area contributed by atoms with Gasteiger partial charge < -0.3 is 14.8 Å². The minimum absolute atomic E-state index is 0.149. The highest BCUT2D eigenvalue weighted by Gasteiger charge is 2.25. The summed E-state index contributed by atoms with van der Waals surface area (Å²) in [4.78, 5) is 13.0. The molecule has 0 atom stereocenters. The molecule has 7 nitrogen and oxygen atoms in total. The normalized spacial score (nSPS) is 11.0. The van der Waals surface area contributed by atoms with Crippen molar-refractivity contribution in [1.29, 1.82) is 0 Å². The van der Waals surface area contributed by atoms with E-state index in [9.17, 15) is 13.2 Å². The van der Waals surface area contributed by atoms with Crippen LogP contribution in [0.3, 0.4) is 0 Å². The molecular weight excluding hydrogens is 436 g/mol. The Balaban J connectivity index is 2.61. The van der Waals surface area contributed by atoms with E-state index in [0.717, 1.165) is 10.6 Å². The van der Waals surface area contributed by atoms with E-state index in [-0.39, 0.29) is 17.8 Å². The Bertz CT molecular complexity index is 947. The van der Waals surface area contributed by atoms with Crippen molar-refractivity contribution in [2.45, 2.75) is 6.92 Å². The van der Waals surface area contributed by atoms with Gasteiger partial charge in [0, 0.05) is 17.1 Å². The molecule has 0 fully saturated rings. The van der Waals surface area contributed by atoms with Crippen LogP contribution in [-0.2, 0) is 10.0 Å². The third-order valence-corrected chi connectivity index (χ3v) is 5.77. The molecule has 0 heterocycles. The molecule has 0 aliphatic rings.